The van der Waals surface area contributed by atoms with E-state index in [0.29, 0.717) is 31.9 Å². The molecular weight excluding hydrogens is 468 g/mol. The molecule has 1 aromatic heterocycles. The van der Waals surface area contributed by atoms with Crippen molar-refractivity contribution >= 4 is 47.1 Å². The topological polar surface area (TPSA) is 121 Å². The molecule has 0 radical (unpaired) electrons. The van der Waals surface area contributed by atoms with Crippen molar-refractivity contribution in [2.75, 3.05) is 39.5 Å². The molecule has 0 saturated carbocycles. The molecule has 33 heavy (non-hydrogen) atoms. The van der Waals surface area contributed by atoms with Crippen LogP contribution in [0.15, 0.2) is 33.9 Å². The molecule has 2 fully saturated rings. The Bertz CT molecular complexity index is 945. The number of hydrogen-bond donors (Lipinski definition) is 2. The average Bonchev–Trinajstić information content (AvgIpc) is 3.31. The molecule has 1 unspecified atom stereocenters. The summed E-state index contributed by atoms with van der Waals surface area (Å²) in [5.41, 5.74) is 0.298. The lowest BCUT2D eigenvalue weighted by Crippen LogP contribution is -2.71. The molecule has 4 rings (SSSR count). The number of amides is 2. The van der Waals surface area contributed by atoms with Crippen LogP contribution in [0.2, 0.25) is 0 Å². The lowest BCUT2D eigenvalue weighted by atomic mass is 10.0. The van der Waals surface area contributed by atoms with Gasteiger partial charge in [0.2, 0.25) is 5.91 Å². The number of fused-ring (bicyclic) bond motifs is 1. The molecule has 10 nitrogen and oxygen atoms in total. The van der Waals surface area contributed by atoms with Gasteiger partial charge in [0, 0.05) is 35.3 Å². The average molecular weight is 495 g/mol. The number of nitrogens with zero attached hydrogens (tertiary/aromatic N) is 3. The highest BCUT2D eigenvalue weighted by Crippen LogP contribution is 2.43. The van der Waals surface area contributed by atoms with Gasteiger partial charge in [0.25, 0.3) is 5.91 Å². The van der Waals surface area contributed by atoms with Crippen LogP contribution >= 0.6 is 23.1 Å². The first-order valence-corrected chi connectivity index (χ1v) is 12.5. The van der Waals surface area contributed by atoms with E-state index in [1.54, 1.807) is 0 Å². The summed E-state index contributed by atoms with van der Waals surface area (Å²) in [6.07, 6.45) is 1.57. The Kier molecular flexibility index (Phi) is 7.68. The van der Waals surface area contributed by atoms with Crippen LogP contribution in [-0.4, -0.2) is 95.0 Å². The summed E-state index contributed by atoms with van der Waals surface area (Å²) in [4.78, 5) is 46.8. The van der Waals surface area contributed by atoms with E-state index in [1.165, 1.54) is 34.2 Å². The molecule has 0 spiro atoms. The van der Waals surface area contributed by atoms with Crippen LogP contribution in [0.3, 0.4) is 0 Å². The predicted octanol–water partition coefficient (Wildman–Crippen LogP) is 0.752. The number of hydrogen-bond acceptors (Lipinski definition) is 9. The minimum Gasteiger partial charge on any atom is -0.477 e. The number of thiophene rings is 1. The lowest BCUT2D eigenvalue weighted by molar-refractivity contribution is -0.150. The minimum atomic E-state index is -1.21. The fourth-order valence-corrected chi connectivity index (χ4v) is 6.03. The molecule has 0 bridgehead atoms. The Hall–Kier alpha value is -2.41. The summed E-state index contributed by atoms with van der Waals surface area (Å²) < 4.78 is 5.31. The van der Waals surface area contributed by atoms with Gasteiger partial charge in [-0.2, -0.15) is 0 Å². The van der Waals surface area contributed by atoms with Crippen LogP contribution in [-0.2, 0) is 30.4 Å². The third-order valence-corrected chi connectivity index (χ3v) is 7.94. The van der Waals surface area contributed by atoms with E-state index in [0.717, 1.165) is 18.0 Å². The van der Waals surface area contributed by atoms with Crippen molar-refractivity contribution in [2.45, 2.75) is 30.0 Å². The van der Waals surface area contributed by atoms with Gasteiger partial charge >= 0.3 is 5.97 Å². The van der Waals surface area contributed by atoms with Crippen LogP contribution in [0.25, 0.3) is 0 Å². The van der Waals surface area contributed by atoms with Gasteiger partial charge in [0.1, 0.15) is 23.7 Å². The van der Waals surface area contributed by atoms with Crippen LogP contribution in [0, 0.1) is 0 Å². The van der Waals surface area contributed by atoms with E-state index in [-0.39, 0.29) is 23.3 Å². The smallest absolute Gasteiger partial charge is 0.353 e. The number of carbonyl (C=O) groups excluding carboxylic acids is 2. The van der Waals surface area contributed by atoms with Gasteiger partial charge in [0.15, 0.2) is 0 Å². The zero-order valence-electron chi connectivity index (χ0n) is 18.1. The maximum atomic E-state index is 12.8. The summed E-state index contributed by atoms with van der Waals surface area (Å²) in [5.74, 6) is -1.90. The number of carboxylic acid groups (broad SMARTS) is 1. The second kappa shape index (κ2) is 10.7. The minimum absolute atomic E-state index is 0.111. The molecule has 4 heterocycles. The van der Waals surface area contributed by atoms with E-state index in [9.17, 15) is 19.5 Å². The molecular formula is C21H26N4O6S2. The van der Waals surface area contributed by atoms with E-state index in [4.69, 9.17) is 9.57 Å². The lowest BCUT2D eigenvalue weighted by Gasteiger charge is -2.50. The molecule has 178 valence electrons. The third-order valence-electron chi connectivity index (χ3n) is 5.64. The van der Waals surface area contributed by atoms with E-state index >= 15 is 0 Å². The van der Waals surface area contributed by atoms with Crippen molar-refractivity contribution in [1.82, 2.24) is 15.1 Å². The van der Waals surface area contributed by atoms with Crippen LogP contribution in [0.5, 0.6) is 0 Å². The first-order valence-electron chi connectivity index (χ1n) is 10.7. The molecule has 2 N–H and O–H groups in total. The number of carboxylic acids is 1. The first kappa shape index (κ1) is 23.7. The molecule has 1 aromatic rings. The molecule has 0 aromatic carbocycles. The summed E-state index contributed by atoms with van der Waals surface area (Å²) in [6.45, 7) is 6.03. The second-order valence-electron chi connectivity index (χ2n) is 7.81. The van der Waals surface area contributed by atoms with Gasteiger partial charge in [-0.05, 0) is 18.4 Å². The highest BCUT2D eigenvalue weighted by atomic mass is 32.2. The normalized spacial score (nSPS) is 25.7. The highest BCUT2D eigenvalue weighted by molar-refractivity contribution is 8.00. The molecule has 2 amide bonds. The Labute approximate surface area is 199 Å². The van der Waals surface area contributed by atoms with E-state index in [2.05, 4.69) is 15.4 Å². The van der Waals surface area contributed by atoms with Gasteiger partial charge in [-0.25, -0.2) is 4.79 Å². The second-order valence-corrected chi connectivity index (χ2v) is 10.3. The number of rotatable bonds is 9. The molecule has 0 aliphatic carbocycles. The molecule has 12 heteroatoms. The van der Waals surface area contributed by atoms with Crippen molar-refractivity contribution in [3.8, 4) is 0 Å². The summed E-state index contributed by atoms with van der Waals surface area (Å²) in [6, 6.07) is 2.97. The van der Waals surface area contributed by atoms with Crippen LogP contribution < -0.4 is 5.32 Å². The number of ether oxygens (including phenoxy) is 1. The van der Waals surface area contributed by atoms with Gasteiger partial charge in [-0.15, -0.1) is 23.1 Å². The number of thioether (sulfide) groups is 1. The standard InChI is InChI=1S/C21H26N4O6S2/c1-13-15(12-22-31-9-6-24-4-7-30-8-5-24)18(21(28)29)25-19(27)17(20(25)33-13)23-16(26)11-14-3-2-10-32-14/h2-3,10,12-13,17,20H,4-9,11H2,1H3,(H,23,26)(H,28,29)/t13-,17?,20-/m1/s1. The van der Waals surface area contributed by atoms with Gasteiger partial charge in [0.05, 0.1) is 25.8 Å². The maximum absolute atomic E-state index is 12.8. The Morgan fingerprint density at radius 1 is 1.39 bits per heavy atom. The number of nitrogens with one attached hydrogen (secondary N) is 1. The zero-order valence-corrected chi connectivity index (χ0v) is 19.8. The molecule has 3 atom stereocenters. The molecule has 3 aliphatic rings. The van der Waals surface area contributed by atoms with Gasteiger partial charge in [-0.1, -0.05) is 11.2 Å². The van der Waals surface area contributed by atoms with Gasteiger partial charge in [-0.3, -0.25) is 19.4 Å². The summed E-state index contributed by atoms with van der Waals surface area (Å²) >= 11 is 2.89. The predicted molar refractivity (Wildman–Crippen MR) is 124 cm³/mol. The summed E-state index contributed by atoms with van der Waals surface area (Å²) in [7, 11) is 0. The fourth-order valence-electron chi connectivity index (χ4n) is 3.92. The van der Waals surface area contributed by atoms with Crippen molar-refractivity contribution in [1.29, 1.82) is 0 Å². The van der Waals surface area contributed by atoms with Crippen LogP contribution in [0.4, 0.5) is 0 Å². The number of morpholine rings is 1. The number of aliphatic carboxylic acids is 1. The highest BCUT2D eigenvalue weighted by Gasteiger charge is 2.55. The Balaban J connectivity index is 1.37. The SMILES string of the molecule is C[C@H]1S[C@@H]2C(NC(=O)Cc3cccs3)C(=O)N2C(C(=O)O)=C1C=NOCCN1CCOCC1. The van der Waals surface area contributed by atoms with Crippen molar-refractivity contribution in [3.63, 3.8) is 0 Å². The van der Waals surface area contributed by atoms with E-state index < -0.39 is 23.3 Å². The first-order chi connectivity index (χ1) is 16.0. The fraction of sp³-hybridized carbons (Fsp3) is 0.524. The van der Waals surface area contributed by atoms with E-state index in [1.807, 2.05) is 24.4 Å². The zero-order chi connectivity index (χ0) is 23.4. The molecule has 3 aliphatic heterocycles. The Morgan fingerprint density at radius 3 is 2.88 bits per heavy atom. The summed E-state index contributed by atoms with van der Waals surface area (Å²) in [5, 5.41) is 17.7. The quantitative estimate of drug-likeness (QED) is 0.223. The van der Waals surface area contributed by atoms with Crippen molar-refractivity contribution in [3.05, 3.63) is 33.7 Å². The van der Waals surface area contributed by atoms with Crippen molar-refractivity contribution < 1.29 is 29.1 Å². The third kappa shape index (κ3) is 5.40. The Morgan fingerprint density at radius 2 is 2.18 bits per heavy atom. The molecule has 2 saturated heterocycles. The number of oxime groups is 1. The van der Waals surface area contributed by atoms with Crippen molar-refractivity contribution in [2.24, 2.45) is 5.16 Å². The van der Waals surface area contributed by atoms with Crippen LogP contribution in [0.1, 0.15) is 11.8 Å². The number of β-lactam (4-membered cyclic amide) rings is 1. The maximum Gasteiger partial charge on any atom is 0.353 e. The monoisotopic (exact) mass is 494 g/mol. The number of carbonyl (C=O) groups is 3. The largest absolute Gasteiger partial charge is 0.477 e. The van der Waals surface area contributed by atoms with Gasteiger partial charge < -0.3 is 20.0 Å².